The molecular weight excluding hydrogens is 244 g/mol. The summed E-state index contributed by atoms with van der Waals surface area (Å²) in [5, 5.41) is 11.7. The lowest BCUT2D eigenvalue weighted by Crippen LogP contribution is -2.13. The van der Waals surface area contributed by atoms with Crippen molar-refractivity contribution in [3.8, 4) is 5.75 Å². The van der Waals surface area contributed by atoms with Crippen LogP contribution in [0.2, 0.25) is 0 Å². The Morgan fingerprint density at radius 2 is 2.05 bits per heavy atom. The van der Waals surface area contributed by atoms with Gasteiger partial charge >= 0.3 is 0 Å². The van der Waals surface area contributed by atoms with Crippen LogP contribution in [0, 0.1) is 0 Å². The second kappa shape index (κ2) is 5.97. The van der Waals surface area contributed by atoms with Crippen LogP contribution in [0.3, 0.4) is 0 Å². The summed E-state index contributed by atoms with van der Waals surface area (Å²) >= 11 is 0. The van der Waals surface area contributed by atoms with Gasteiger partial charge in [-0.05, 0) is 23.8 Å². The van der Waals surface area contributed by atoms with Gasteiger partial charge in [0.2, 0.25) is 0 Å². The highest BCUT2D eigenvalue weighted by Crippen LogP contribution is 2.18. The largest absolute Gasteiger partial charge is 0.494 e. The number of benzene rings is 1. The minimum absolute atomic E-state index is 0.0214. The van der Waals surface area contributed by atoms with Crippen LogP contribution in [0.5, 0.6) is 5.75 Å². The molecule has 0 aliphatic carbocycles. The predicted octanol–water partition coefficient (Wildman–Crippen LogP) is 1.83. The van der Waals surface area contributed by atoms with Crippen molar-refractivity contribution in [3.63, 3.8) is 0 Å². The number of carbonyl (C=O) groups excluding carboxylic acids is 1. The highest BCUT2D eigenvalue weighted by Gasteiger charge is 2.11. The van der Waals surface area contributed by atoms with Crippen LogP contribution in [0.4, 0.5) is 5.69 Å². The number of hydrogen-bond donors (Lipinski definition) is 2. The first-order valence-corrected chi connectivity index (χ1v) is 5.73. The van der Waals surface area contributed by atoms with Crippen molar-refractivity contribution in [1.82, 2.24) is 4.98 Å². The number of amides is 1. The summed E-state index contributed by atoms with van der Waals surface area (Å²) in [7, 11) is 1.49. The minimum Gasteiger partial charge on any atom is -0.494 e. The fourth-order valence-electron chi connectivity index (χ4n) is 1.62. The van der Waals surface area contributed by atoms with Crippen molar-refractivity contribution in [2.45, 2.75) is 6.61 Å². The zero-order valence-corrected chi connectivity index (χ0v) is 10.5. The summed E-state index contributed by atoms with van der Waals surface area (Å²) < 4.78 is 5.08. The van der Waals surface area contributed by atoms with E-state index in [-0.39, 0.29) is 12.5 Å². The highest BCUT2D eigenvalue weighted by molar-refractivity contribution is 6.06. The van der Waals surface area contributed by atoms with Gasteiger partial charge in [0.15, 0.2) is 0 Å². The maximum absolute atomic E-state index is 12.1. The molecule has 2 N–H and O–H groups in total. The average Bonchev–Trinajstić information content (AvgIpc) is 2.48. The van der Waals surface area contributed by atoms with Crippen LogP contribution in [-0.2, 0) is 6.61 Å². The van der Waals surface area contributed by atoms with Gasteiger partial charge in [0, 0.05) is 11.9 Å². The zero-order valence-electron chi connectivity index (χ0n) is 10.5. The number of aliphatic hydroxyl groups excluding tert-OH is 1. The Bertz CT molecular complexity index is 567. The van der Waals surface area contributed by atoms with Gasteiger partial charge in [-0.3, -0.25) is 9.78 Å². The van der Waals surface area contributed by atoms with Crippen molar-refractivity contribution in [2.24, 2.45) is 0 Å². The van der Waals surface area contributed by atoms with Crippen molar-refractivity contribution >= 4 is 11.6 Å². The number of carbonyl (C=O) groups is 1. The number of anilines is 1. The lowest BCUT2D eigenvalue weighted by molar-refractivity contribution is 0.102. The normalized spacial score (nSPS) is 10.0. The smallest absolute Gasteiger partial charge is 0.259 e. The number of ether oxygens (including phenoxy) is 1. The summed E-state index contributed by atoms with van der Waals surface area (Å²) in [6.45, 7) is -0.0214. The van der Waals surface area contributed by atoms with Crippen molar-refractivity contribution in [1.29, 1.82) is 0 Å². The van der Waals surface area contributed by atoms with E-state index in [1.165, 1.54) is 19.5 Å². The van der Waals surface area contributed by atoms with Crippen LogP contribution in [0.15, 0.2) is 42.7 Å². The Labute approximate surface area is 110 Å². The molecule has 19 heavy (non-hydrogen) atoms. The van der Waals surface area contributed by atoms with Crippen LogP contribution >= 0.6 is 0 Å². The lowest BCUT2D eigenvalue weighted by Gasteiger charge is -2.08. The second-order valence-corrected chi connectivity index (χ2v) is 3.89. The molecule has 1 amide bonds. The molecule has 5 heteroatoms. The van der Waals surface area contributed by atoms with Crippen LogP contribution in [0.1, 0.15) is 15.9 Å². The van der Waals surface area contributed by atoms with E-state index in [1.807, 2.05) is 0 Å². The molecule has 5 nitrogen and oxygen atoms in total. The molecule has 0 spiro atoms. The molecular formula is C14H14N2O3. The van der Waals surface area contributed by atoms with E-state index >= 15 is 0 Å². The standard InChI is InChI=1S/C14H14N2O3/c1-19-13-8-15-7-6-12(13)14(18)16-11-4-2-10(9-17)3-5-11/h2-8,17H,9H2,1H3,(H,16,18). The molecule has 0 aliphatic heterocycles. The number of aliphatic hydroxyl groups is 1. The number of methoxy groups -OCH3 is 1. The van der Waals surface area contributed by atoms with Crippen molar-refractivity contribution in [2.75, 3.05) is 12.4 Å². The summed E-state index contributed by atoms with van der Waals surface area (Å²) in [4.78, 5) is 16.0. The Morgan fingerprint density at radius 1 is 1.32 bits per heavy atom. The van der Waals surface area contributed by atoms with E-state index in [4.69, 9.17) is 9.84 Å². The maximum atomic E-state index is 12.1. The SMILES string of the molecule is COc1cnccc1C(=O)Nc1ccc(CO)cc1. The number of nitrogens with one attached hydrogen (secondary N) is 1. The fourth-order valence-corrected chi connectivity index (χ4v) is 1.62. The van der Waals surface area contributed by atoms with Crippen LogP contribution in [-0.4, -0.2) is 23.1 Å². The van der Waals surface area contributed by atoms with E-state index < -0.39 is 0 Å². The average molecular weight is 258 g/mol. The Hall–Kier alpha value is -2.40. The van der Waals surface area contributed by atoms with Gasteiger partial charge in [-0.2, -0.15) is 0 Å². The van der Waals surface area contributed by atoms with Gasteiger partial charge < -0.3 is 15.2 Å². The van der Waals surface area contributed by atoms with Gasteiger partial charge in [-0.15, -0.1) is 0 Å². The quantitative estimate of drug-likeness (QED) is 0.877. The molecule has 2 aromatic rings. The summed E-state index contributed by atoms with van der Waals surface area (Å²) in [6.07, 6.45) is 3.02. The monoisotopic (exact) mass is 258 g/mol. The van der Waals surface area contributed by atoms with E-state index in [1.54, 1.807) is 30.3 Å². The fraction of sp³-hybridized carbons (Fsp3) is 0.143. The molecule has 1 aromatic carbocycles. The molecule has 0 bridgehead atoms. The van der Waals surface area contributed by atoms with Crippen molar-refractivity contribution in [3.05, 3.63) is 53.9 Å². The number of pyridine rings is 1. The minimum atomic E-state index is -0.268. The Kier molecular flexibility index (Phi) is 4.10. The maximum Gasteiger partial charge on any atom is 0.259 e. The molecule has 2 rings (SSSR count). The zero-order chi connectivity index (χ0) is 13.7. The third-order valence-corrected chi connectivity index (χ3v) is 2.64. The van der Waals surface area contributed by atoms with Crippen LogP contribution in [0.25, 0.3) is 0 Å². The van der Waals surface area contributed by atoms with Gasteiger partial charge in [0.25, 0.3) is 5.91 Å². The Morgan fingerprint density at radius 3 is 2.68 bits per heavy atom. The van der Waals surface area contributed by atoms with Gasteiger partial charge in [-0.1, -0.05) is 12.1 Å². The van der Waals surface area contributed by atoms with Crippen molar-refractivity contribution < 1.29 is 14.6 Å². The first kappa shape index (κ1) is 13.0. The summed E-state index contributed by atoms with van der Waals surface area (Å²) in [5.74, 6) is 0.156. The number of hydrogen-bond acceptors (Lipinski definition) is 4. The molecule has 0 saturated heterocycles. The molecule has 0 unspecified atom stereocenters. The van der Waals surface area contributed by atoms with E-state index in [9.17, 15) is 4.79 Å². The van der Waals surface area contributed by atoms with Crippen LogP contribution < -0.4 is 10.1 Å². The topological polar surface area (TPSA) is 71.5 Å². The first-order valence-electron chi connectivity index (χ1n) is 5.73. The molecule has 98 valence electrons. The molecule has 0 radical (unpaired) electrons. The Balaban J connectivity index is 2.16. The third-order valence-electron chi connectivity index (χ3n) is 2.64. The molecule has 0 aliphatic rings. The van der Waals surface area contributed by atoms with Gasteiger partial charge in [0.1, 0.15) is 5.75 Å². The first-order chi connectivity index (χ1) is 9.24. The lowest BCUT2D eigenvalue weighted by atomic mass is 10.2. The highest BCUT2D eigenvalue weighted by atomic mass is 16.5. The van der Waals surface area contributed by atoms with Gasteiger partial charge in [0.05, 0.1) is 25.5 Å². The molecule has 0 fully saturated rings. The predicted molar refractivity (Wildman–Crippen MR) is 71.1 cm³/mol. The van der Waals surface area contributed by atoms with E-state index in [2.05, 4.69) is 10.3 Å². The molecule has 1 aromatic heterocycles. The number of aromatic nitrogens is 1. The summed E-state index contributed by atoms with van der Waals surface area (Å²) in [6, 6.07) is 8.56. The van der Waals surface area contributed by atoms with Gasteiger partial charge in [-0.25, -0.2) is 0 Å². The number of rotatable bonds is 4. The third kappa shape index (κ3) is 3.08. The van der Waals surface area contributed by atoms with E-state index in [0.717, 1.165) is 5.56 Å². The molecule has 0 saturated carbocycles. The van der Waals surface area contributed by atoms with E-state index in [0.29, 0.717) is 17.0 Å². The molecule has 0 atom stereocenters. The number of nitrogens with zero attached hydrogens (tertiary/aromatic N) is 1. The summed E-state index contributed by atoms with van der Waals surface area (Å²) in [5.41, 5.74) is 1.87. The second-order valence-electron chi connectivity index (χ2n) is 3.89. The molecule has 1 heterocycles.